The molecule has 214 valence electrons. The number of carbonyl (C=O) groups excluding carboxylic acids is 5. The standard InChI is InChI=1S/C30H38N4O6/c1-5-40-30(39)23(15-16-34-28(37)21-13-9-10-14-22(21)29(34)38)32-24(17-19(2)3)27(36)33-25(26(35)31-4)18-20-11-7-6-8-12-20/h6-14,19,23-25,32H,5,15-18H2,1-4H3,(H,31,35)(H,33,36)/t23?,24-,25-/m0/s1. The molecule has 1 aliphatic heterocycles. The SMILES string of the molecule is CCOC(=O)C(CCN1C(=O)c2ccccc2C1=O)N[C@@H](CC(C)C)C(=O)N[C@@H](Cc1ccccc1)C(=O)NC. The summed E-state index contributed by atoms with van der Waals surface area (Å²) in [4.78, 5) is 65.8. The fraction of sp³-hybridized carbons (Fsp3) is 0.433. The molecule has 40 heavy (non-hydrogen) atoms. The van der Waals surface area contributed by atoms with Gasteiger partial charge in [-0.1, -0.05) is 56.3 Å². The largest absolute Gasteiger partial charge is 0.465 e. The van der Waals surface area contributed by atoms with Crippen LogP contribution in [0.1, 0.15) is 59.9 Å². The van der Waals surface area contributed by atoms with Crippen molar-refractivity contribution in [1.29, 1.82) is 0 Å². The number of nitrogens with zero attached hydrogens (tertiary/aromatic N) is 1. The molecule has 1 aliphatic rings. The summed E-state index contributed by atoms with van der Waals surface area (Å²) in [5.41, 5.74) is 1.53. The molecule has 3 atom stereocenters. The van der Waals surface area contributed by atoms with E-state index in [9.17, 15) is 24.0 Å². The van der Waals surface area contributed by atoms with Crippen LogP contribution in [0.5, 0.6) is 0 Å². The molecule has 1 heterocycles. The van der Waals surface area contributed by atoms with E-state index < -0.39 is 41.8 Å². The van der Waals surface area contributed by atoms with Crippen molar-refractivity contribution in [3.63, 3.8) is 0 Å². The Bertz CT molecular complexity index is 1180. The van der Waals surface area contributed by atoms with E-state index in [0.717, 1.165) is 10.5 Å². The number of amides is 4. The molecular weight excluding hydrogens is 512 g/mol. The van der Waals surface area contributed by atoms with E-state index in [2.05, 4.69) is 16.0 Å². The lowest BCUT2D eigenvalue weighted by Crippen LogP contribution is -2.56. The van der Waals surface area contributed by atoms with Gasteiger partial charge < -0.3 is 15.4 Å². The summed E-state index contributed by atoms with van der Waals surface area (Å²) in [5, 5.41) is 8.54. The smallest absolute Gasteiger partial charge is 0.323 e. The van der Waals surface area contributed by atoms with Crippen LogP contribution in [0, 0.1) is 5.92 Å². The second kappa shape index (κ2) is 14.4. The number of nitrogens with one attached hydrogen (secondary N) is 3. The Labute approximate surface area is 234 Å². The minimum absolute atomic E-state index is 0.0340. The lowest BCUT2D eigenvalue weighted by molar-refractivity contribution is -0.146. The molecule has 4 amide bonds. The average Bonchev–Trinajstić information content (AvgIpc) is 3.19. The van der Waals surface area contributed by atoms with E-state index in [-0.39, 0.29) is 31.4 Å². The number of benzene rings is 2. The molecule has 0 saturated heterocycles. The fourth-order valence-corrected chi connectivity index (χ4v) is 4.68. The molecule has 10 nitrogen and oxygen atoms in total. The van der Waals surface area contributed by atoms with E-state index in [1.165, 1.54) is 7.05 Å². The molecule has 0 aliphatic carbocycles. The third-order valence-corrected chi connectivity index (χ3v) is 6.68. The second-order valence-corrected chi connectivity index (χ2v) is 10.1. The Kier molecular flexibility index (Phi) is 11.0. The summed E-state index contributed by atoms with van der Waals surface area (Å²) in [5.74, 6) is -2.13. The van der Waals surface area contributed by atoms with E-state index in [1.807, 2.05) is 44.2 Å². The van der Waals surface area contributed by atoms with E-state index in [4.69, 9.17) is 4.74 Å². The highest BCUT2D eigenvalue weighted by atomic mass is 16.5. The third-order valence-electron chi connectivity index (χ3n) is 6.68. The minimum atomic E-state index is -0.966. The van der Waals surface area contributed by atoms with E-state index >= 15 is 0 Å². The van der Waals surface area contributed by atoms with Gasteiger partial charge in [-0.15, -0.1) is 0 Å². The van der Waals surface area contributed by atoms with E-state index in [1.54, 1.807) is 31.2 Å². The highest BCUT2D eigenvalue weighted by Gasteiger charge is 2.37. The molecule has 0 spiro atoms. The number of likely N-dealkylation sites (N-methyl/N-ethyl adjacent to an activating group) is 1. The van der Waals surface area contributed by atoms with Gasteiger partial charge in [0.05, 0.1) is 23.8 Å². The van der Waals surface area contributed by atoms with Gasteiger partial charge in [0.2, 0.25) is 11.8 Å². The Balaban J connectivity index is 1.76. The van der Waals surface area contributed by atoms with Gasteiger partial charge in [-0.2, -0.15) is 0 Å². The van der Waals surface area contributed by atoms with E-state index in [0.29, 0.717) is 24.0 Å². The number of ether oxygens (including phenoxy) is 1. The van der Waals surface area contributed by atoms with Crippen LogP contribution in [0.25, 0.3) is 0 Å². The molecule has 2 aromatic rings. The maximum atomic E-state index is 13.5. The Morgan fingerprint density at radius 1 is 0.850 bits per heavy atom. The number of fused-ring (bicyclic) bond motifs is 1. The molecule has 10 heteroatoms. The third kappa shape index (κ3) is 7.75. The first-order valence-electron chi connectivity index (χ1n) is 13.6. The number of hydrogen-bond donors (Lipinski definition) is 3. The van der Waals surface area contributed by atoms with Gasteiger partial charge in [-0.25, -0.2) is 0 Å². The van der Waals surface area contributed by atoms with Crippen LogP contribution in [0.15, 0.2) is 54.6 Å². The highest BCUT2D eigenvalue weighted by molar-refractivity contribution is 6.21. The van der Waals surface area contributed by atoms with Gasteiger partial charge in [0, 0.05) is 20.0 Å². The number of carbonyl (C=O) groups is 5. The van der Waals surface area contributed by atoms with Gasteiger partial charge in [-0.05, 0) is 43.4 Å². The summed E-state index contributed by atoms with van der Waals surface area (Å²) < 4.78 is 5.25. The predicted octanol–water partition coefficient (Wildman–Crippen LogP) is 2.08. The first-order valence-corrected chi connectivity index (χ1v) is 13.6. The van der Waals surface area contributed by atoms with Crippen molar-refractivity contribution in [3.8, 4) is 0 Å². The molecule has 0 aromatic heterocycles. The van der Waals surface area contributed by atoms with Crippen LogP contribution in [-0.2, 0) is 25.5 Å². The van der Waals surface area contributed by atoms with Crippen LogP contribution in [0.4, 0.5) is 0 Å². The topological polar surface area (TPSA) is 134 Å². The Morgan fingerprint density at radius 2 is 1.45 bits per heavy atom. The van der Waals surface area contributed by atoms with Crippen LogP contribution < -0.4 is 16.0 Å². The molecule has 0 radical (unpaired) electrons. The van der Waals surface area contributed by atoms with Gasteiger partial charge in [-0.3, -0.25) is 34.2 Å². The first-order chi connectivity index (χ1) is 19.2. The molecule has 0 fully saturated rings. The van der Waals surface area contributed by atoms with Crippen molar-refractivity contribution < 1.29 is 28.7 Å². The fourth-order valence-electron chi connectivity index (χ4n) is 4.68. The predicted molar refractivity (Wildman–Crippen MR) is 149 cm³/mol. The molecule has 3 rings (SSSR count). The Hall–Kier alpha value is -4.05. The van der Waals surface area contributed by atoms with Crippen LogP contribution in [0.2, 0.25) is 0 Å². The van der Waals surface area contributed by atoms with Crippen molar-refractivity contribution in [2.45, 2.75) is 58.2 Å². The van der Waals surface area contributed by atoms with Gasteiger partial charge in [0.1, 0.15) is 12.1 Å². The molecule has 1 unspecified atom stereocenters. The normalized spacial score (nSPS) is 14.9. The maximum Gasteiger partial charge on any atom is 0.323 e. The second-order valence-electron chi connectivity index (χ2n) is 10.1. The van der Waals surface area contributed by atoms with Crippen molar-refractivity contribution in [2.24, 2.45) is 5.92 Å². The minimum Gasteiger partial charge on any atom is -0.465 e. The molecular formula is C30H38N4O6. The summed E-state index contributed by atoms with van der Waals surface area (Å²) in [7, 11) is 1.51. The zero-order valence-corrected chi connectivity index (χ0v) is 23.4. The van der Waals surface area contributed by atoms with Crippen molar-refractivity contribution in [3.05, 3.63) is 71.3 Å². The lowest BCUT2D eigenvalue weighted by Gasteiger charge is -2.28. The molecule has 2 aromatic carbocycles. The van der Waals surface area contributed by atoms with Gasteiger partial charge >= 0.3 is 5.97 Å². The summed E-state index contributed by atoms with van der Waals surface area (Å²) in [6.07, 6.45) is 0.720. The molecule has 0 saturated carbocycles. The number of imide groups is 1. The van der Waals surface area contributed by atoms with Gasteiger partial charge in [0.15, 0.2) is 0 Å². The van der Waals surface area contributed by atoms with Crippen LogP contribution in [-0.4, -0.2) is 72.8 Å². The quantitative estimate of drug-likeness (QED) is 0.242. The van der Waals surface area contributed by atoms with Gasteiger partial charge in [0.25, 0.3) is 11.8 Å². The number of esters is 1. The van der Waals surface area contributed by atoms with Crippen LogP contribution >= 0.6 is 0 Å². The Morgan fingerprint density at radius 3 is 2.00 bits per heavy atom. The summed E-state index contributed by atoms with van der Waals surface area (Å²) >= 11 is 0. The highest BCUT2D eigenvalue weighted by Crippen LogP contribution is 2.23. The molecule has 3 N–H and O–H groups in total. The molecule has 0 bridgehead atoms. The van der Waals surface area contributed by atoms with Crippen molar-refractivity contribution in [1.82, 2.24) is 20.9 Å². The lowest BCUT2D eigenvalue weighted by atomic mass is 9.99. The van der Waals surface area contributed by atoms with Crippen LogP contribution in [0.3, 0.4) is 0 Å². The average molecular weight is 551 g/mol. The first kappa shape index (κ1) is 30.5. The zero-order valence-electron chi connectivity index (χ0n) is 23.4. The summed E-state index contributed by atoms with van der Waals surface area (Å²) in [6, 6.07) is 13.3. The maximum absolute atomic E-state index is 13.5. The summed E-state index contributed by atoms with van der Waals surface area (Å²) in [6.45, 7) is 5.66. The number of hydrogen-bond acceptors (Lipinski definition) is 7. The monoisotopic (exact) mass is 550 g/mol. The zero-order chi connectivity index (χ0) is 29.2. The number of rotatable bonds is 14. The van der Waals surface area contributed by atoms with Crippen molar-refractivity contribution >= 4 is 29.6 Å². The van der Waals surface area contributed by atoms with Crippen molar-refractivity contribution in [2.75, 3.05) is 20.2 Å².